The lowest BCUT2D eigenvalue weighted by Gasteiger charge is -2.05. The van der Waals surface area contributed by atoms with E-state index in [9.17, 15) is 0 Å². The van der Waals surface area contributed by atoms with E-state index >= 15 is 0 Å². The first-order valence-electron chi connectivity index (χ1n) is 7.52. The molecule has 0 aliphatic rings. The van der Waals surface area contributed by atoms with Gasteiger partial charge >= 0.3 is 0 Å². The summed E-state index contributed by atoms with van der Waals surface area (Å²) in [5.41, 5.74) is 0.917. The van der Waals surface area contributed by atoms with Crippen molar-refractivity contribution in [2.45, 2.75) is 32.4 Å². The van der Waals surface area contributed by atoms with Crippen LogP contribution in [0.1, 0.15) is 31.6 Å². The number of nitrogens with zero attached hydrogens (tertiary/aromatic N) is 6. The van der Waals surface area contributed by atoms with Gasteiger partial charge in [0.1, 0.15) is 6.04 Å². The van der Waals surface area contributed by atoms with E-state index in [4.69, 9.17) is 4.52 Å². The smallest absolute Gasteiger partial charge is 0.253 e. The first-order chi connectivity index (χ1) is 11.2. The zero-order valence-corrected chi connectivity index (χ0v) is 13.3. The van der Waals surface area contributed by atoms with Crippen LogP contribution in [-0.4, -0.2) is 43.4 Å². The molecule has 1 aromatic carbocycles. The molecule has 0 saturated heterocycles. The van der Waals surface area contributed by atoms with Crippen molar-refractivity contribution in [1.82, 2.24) is 35.7 Å². The van der Waals surface area contributed by atoms with Gasteiger partial charge in [0.2, 0.25) is 5.82 Å². The topological polar surface area (TPSA) is 94.6 Å². The summed E-state index contributed by atoms with van der Waals surface area (Å²) in [5, 5.41) is 19.7. The highest BCUT2D eigenvalue weighted by Gasteiger charge is 2.20. The van der Waals surface area contributed by atoms with E-state index in [-0.39, 0.29) is 12.1 Å². The Hall–Kier alpha value is -2.61. The number of aromatic nitrogens is 6. The van der Waals surface area contributed by atoms with Gasteiger partial charge in [0.25, 0.3) is 5.89 Å². The molecule has 2 heterocycles. The molecule has 0 fully saturated rings. The van der Waals surface area contributed by atoms with Gasteiger partial charge in [-0.05, 0) is 26.1 Å². The van der Waals surface area contributed by atoms with Gasteiger partial charge in [0.15, 0.2) is 5.82 Å². The third-order valence-electron chi connectivity index (χ3n) is 3.63. The lowest BCUT2D eigenvalue weighted by Crippen LogP contribution is -2.24. The average molecular weight is 313 g/mol. The molecule has 8 nitrogen and oxygen atoms in total. The normalized spacial score (nSPS) is 13.9. The minimum absolute atomic E-state index is 0.272. The molecular weight excluding hydrogens is 294 g/mol. The molecule has 120 valence electrons. The lowest BCUT2D eigenvalue weighted by atomic mass is 10.2. The Morgan fingerprint density at radius 1 is 1.22 bits per heavy atom. The first kappa shape index (κ1) is 15.3. The molecule has 0 aliphatic carbocycles. The fourth-order valence-electron chi connectivity index (χ4n) is 2.09. The van der Waals surface area contributed by atoms with Crippen molar-refractivity contribution < 1.29 is 4.52 Å². The molecule has 0 radical (unpaired) electrons. The molecule has 23 heavy (non-hydrogen) atoms. The molecule has 0 bridgehead atoms. The van der Waals surface area contributed by atoms with Crippen molar-refractivity contribution in [3.8, 4) is 11.4 Å². The second kappa shape index (κ2) is 6.66. The Kier molecular flexibility index (Phi) is 4.42. The molecule has 2 aromatic heterocycles. The monoisotopic (exact) mass is 313 g/mol. The summed E-state index contributed by atoms with van der Waals surface area (Å²) in [6.45, 7) is 3.96. The van der Waals surface area contributed by atoms with Gasteiger partial charge < -0.3 is 9.84 Å². The summed E-state index contributed by atoms with van der Waals surface area (Å²) < 4.78 is 5.32. The molecule has 3 aromatic rings. The van der Waals surface area contributed by atoms with Crippen molar-refractivity contribution in [1.29, 1.82) is 0 Å². The van der Waals surface area contributed by atoms with Crippen molar-refractivity contribution in [3.63, 3.8) is 0 Å². The number of benzene rings is 1. The van der Waals surface area contributed by atoms with Crippen molar-refractivity contribution in [2.75, 3.05) is 7.05 Å². The molecule has 0 saturated carbocycles. The summed E-state index contributed by atoms with van der Waals surface area (Å²) in [7, 11) is 1.90. The van der Waals surface area contributed by atoms with E-state index in [1.807, 2.05) is 44.3 Å². The van der Waals surface area contributed by atoms with Gasteiger partial charge in [-0.3, -0.25) is 0 Å². The van der Waals surface area contributed by atoms with Gasteiger partial charge in [-0.15, -0.1) is 10.2 Å². The molecule has 0 aliphatic heterocycles. The third kappa shape index (κ3) is 3.42. The third-order valence-corrected chi connectivity index (χ3v) is 3.63. The van der Waals surface area contributed by atoms with E-state index in [1.54, 1.807) is 0 Å². The van der Waals surface area contributed by atoms with E-state index in [0.29, 0.717) is 24.0 Å². The second-order valence-corrected chi connectivity index (χ2v) is 5.42. The van der Waals surface area contributed by atoms with Crippen LogP contribution in [0.3, 0.4) is 0 Å². The van der Waals surface area contributed by atoms with Crippen molar-refractivity contribution >= 4 is 0 Å². The van der Waals surface area contributed by atoms with Crippen LogP contribution in [-0.2, 0) is 6.42 Å². The van der Waals surface area contributed by atoms with Crippen LogP contribution in [0.4, 0.5) is 0 Å². The van der Waals surface area contributed by atoms with Gasteiger partial charge in [-0.2, -0.15) is 9.78 Å². The molecule has 0 spiro atoms. The Morgan fingerprint density at radius 2 is 2.00 bits per heavy atom. The Morgan fingerprint density at radius 3 is 2.74 bits per heavy atom. The van der Waals surface area contributed by atoms with Crippen molar-refractivity contribution in [2.24, 2.45) is 0 Å². The Labute approximate surface area is 133 Å². The minimum atomic E-state index is -0.272. The van der Waals surface area contributed by atoms with Crippen LogP contribution in [0.25, 0.3) is 11.4 Å². The summed E-state index contributed by atoms with van der Waals surface area (Å²) >= 11 is 0. The second-order valence-electron chi connectivity index (χ2n) is 5.42. The summed E-state index contributed by atoms with van der Waals surface area (Å²) in [6, 6.07) is 9.71. The highest BCUT2D eigenvalue weighted by molar-refractivity contribution is 5.52. The number of likely N-dealkylation sites (N-methyl/N-ethyl adjacent to an activating group) is 1. The Balaban J connectivity index is 1.76. The maximum absolute atomic E-state index is 5.32. The fraction of sp³-hybridized carbons (Fsp3) is 0.400. The quantitative estimate of drug-likeness (QED) is 0.736. The molecular formula is C15H19N7O. The SMILES string of the molecule is CNC(C)Cc1noc(C(C)n2nnc(-c3ccccc3)n2)n1. The van der Waals surface area contributed by atoms with Gasteiger partial charge in [-0.25, -0.2) is 0 Å². The summed E-state index contributed by atoms with van der Waals surface area (Å²) in [5.74, 6) is 1.71. The lowest BCUT2D eigenvalue weighted by molar-refractivity contribution is 0.317. The fourth-order valence-corrected chi connectivity index (χ4v) is 2.09. The molecule has 2 unspecified atom stereocenters. The highest BCUT2D eigenvalue weighted by atomic mass is 16.5. The van der Waals surface area contributed by atoms with Crippen LogP contribution in [0, 0.1) is 0 Å². The van der Waals surface area contributed by atoms with Crippen molar-refractivity contribution in [3.05, 3.63) is 42.0 Å². The standard InChI is InChI=1S/C15H19N7O/c1-10(16-3)9-13-17-15(23-20-13)11(2)22-19-14(18-21-22)12-7-5-4-6-8-12/h4-8,10-11,16H,9H2,1-3H3. The van der Waals surface area contributed by atoms with Crippen LogP contribution >= 0.6 is 0 Å². The predicted octanol–water partition coefficient (Wildman–Crippen LogP) is 1.48. The zero-order valence-electron chi connectivity index (χ0n) is 13.3. The van der Waals surface area contributed by atoms with Crippen LogP contribution in [0.5, 0.6) is 0 Å². The molecule has 8 heteroatoms. The maximum Gasteiger partial charge on any atom is 0.253 e. The Bertz CT molecular complexity index is 752. The number of tetrazole rings is 1. The largest absolute Gasteiger partial charge is 0.337 e. The summed E-state index contributed by atoms with van der Waals surface area (Å²) in [6.07, 6.45) is 0.701. The average Bonchev–Trinajstić information content (AvgIpc) is 3.24. The zero-order chi connectivity index (χ0) is 16.2. The molecule has 3 rings (SSSR count). The van der Waals surface area contributed by atoms with Crippen LogP contribution in [0.15, 0.2) is 34.9 Å². The van der Waals surface area contributed by atoms with Crippen LogP contribution < -0.4 is 5.32 Å². The number of hydrogen-bond acceptors (Lipinski definition) is 7. The van der Waals surface area contributed by atoms with Crippen LogP contribution in [0.2, 0.25) is 0 Å². The summed E-state index contributed by atoms with van der Waals surface area (Å²) in [4.78, 5) is 5.90. The number of hydrogen-bond donors (Lipinski definition) is 1. The van der Waals surface area contributed by atoms with E-state index < -0.39 is 0 Å². The maximum atomic E-state index is 5.32. The van der Waals surface area contributed by atoms with E-state index in [0.717, 1.165) is 5.56 Å². The van der Waals surface area contributed by atoms with Gasteiger partial charge in [0, 0.05) is 18.0 Å². The van der Waals surface area contributed by atoms with E-state index in [2.05, 4.69) is 37.8 Å². The van der Waals surface area contributed by atoms with Gasteiger partial charge in [0.05, 0.1) is 0 Å². The van der Waals surface area contributed by atoms with Gasteiger partial charge in [-0.1, -0.05) is 35.5 Å². The molecule has 1 N–H and O–H groups in total. The molecule has 2 atom stereocenters. The number of nitrogens with one attached hydrogen (secondary N) is 1. The molecule has 0 amide bonds. The first-order valence-corrected chi connectivity index (χ1v) is 7.52. The van der Waals surface area contributed by atoms with E-state index in [1.165, 1.54) is 4.80 Å². The number of rotatable bonds is 6. The highest BCUT2D eigenvalue weighted by Crippen LogP contribution is 2.17. The predicted molar refractivity (Wildman–Crippen MR) is 83.6 cm³/mol. The minimum Gasteiger partial charge on any atom is -0.337 e.